The molecule has 2 rings (SSSR count). The Hall–Kier alpha value is -2.63. The number of nitrogens with one attached hydrogen (secondary N) is 1. The molecule has 1 N–H and O–H groups in total. The fourth-order valence-corrected chi connectivity index (χ4v) is 1.83. The van der Waals surface area contributed by atoms with E-state index in [4.69, 9.17) is 0 Å². The lowest BCUT2D eigenvalue weighted by Gasteiger charge is -2.10. The van der Waals surface area contributed by atoms with Crippen molar-refractivity contribution in [2.75, 3.05) is 5.32 Å². The lowest BCUT2D eigenvalue weighted by molar-refractivity contribution is -0.137. The van der Waals surface area contributed by atoms with Crippen molar-refractivity contribution in [3.05, 3.63) is 71.7 Å². The first kappa shape index (κ1) is 15.8. The van der Waals surface area contributed by atoms with Gasteiger partial charge in [0.25, 0.3) is 0 Å². The first-order valence-electron chi connectivity index (χ1n) is 6.43. The molecule has 6 heteroatoms. The SMILES string of the molecule is CC(=CC(=O)c1cccnc1)Nc1cccc(C(F)(F)F)c1. The van der Waals surface area contributed by atoms with Gasteiger partial charge in [-0.1, -0.05) is 6.07 Å². The molecular formula is C16H13F3N2O. The second-order valence-corrected chi connectivity index (χ2v) is 4.64. The largest absolute Gasteiger partial charge is 0.416 e. The summed E-state index contributed by atoms with van der Waals surface area (Å²) in [6, 6.07) is 8.04. The van der Waals surface area contributed by atoms with E-state index in [0.29, 0.717) is 11.3 Å². The lowest BCUT2D eigenvalue weighted by atomic mass is 10.1. The van der Waals surface area contributed by atoms with Crippen LogP contribution in [0.4, 0.5) is 18.9 Å². The summed E-state index contributed by atoms with van der Waals surface area (Å²) in [6.45, 7) is 1.61. The van der Waals surface area contributed by atoms with Gasteiger partial charge in [-0.05, 0) is 37.3 Å². The van der Waals surface area contributed by atoms with Crippen LogP contribution in [0.3, 0.4) is 0 Å². The molecule has 114 valence electrons. The number of anilines is 1. The Morgan fingerprint density at radius 3 is 2.64 bits per heavy atom. The number of aromatic nitrogens is 1. The average molecular weight is 306 g/mol. The van der Waals surface area contributed by atoms with Crippen LogP contribution in [0.25, 0.3) is 0 Å². The number of benzene rings is 1. The minimum atomic E-state index is -4.40. The number of rotatable bonds is 4. The summed E-state index contributed by atoms with van der Waals surface area (Å²) in [5.41, 5.74) is 0.368. The van der Waals surface area contributed by atoms with Crippen LogP contribution in [0.1, 0.15) is 22.8 Å². The van der Waals surface area contributed by atoms with Crippen LogP contribution < -0.4 is 5.32 Å². The van der Waals surface area contributed by atoms with Crippen LogP contribution in [0.5, 0.6) is 0 Å². The van der Waals surface area contributed by atoms with Gasteiger partial charge >= 0.3 is 6.18 Å². The van der Waals surface area contributed by atoms with Gasteiger partial charge in [-0.2, -0.15) is 13.2 Å². The number of ketones is 1. The molecule has 1 heterocycles. The standard InChI is InChI=1S/C16H13F3N2O/c1-11(8-15(22)12-4-3-7-20-10-12)21-14-6-2-5-13(9-14)16(17,18)19/h2-10,21H,1H3. The highest BCUT2D eigenvalue weighted by atomic mass is 19.4. The Balaban J connectivity index is 2.13. The summed E-state index contributed by atoms with van der Waals surface area (Å²) in [7, 11) is 0. The molecule has 3 nitrogen and oxygen atoms in total. The minimum absolute atomic E-state index is 0.266. The number of carbonyl (C=O) groups excluding carboxylic acids is 1. The number of hydrogen-bond donors (Lipinski definition) is 1. The van der Waals surface area contributed by atoms with Crippen molar-refractivity contribution in [2.24, 2.45) is 0 Å². The molecule has 22 heavy (non-hydrogen) atoms. The van der Waals surface area contributed by atoms with Gasteiger partial charge < -0.3 is 5.32 Å². The first-order valence-corrected chi connectivity index (χ1v) is 6.43. The number of allylic oxidation sites excluding steroid dienone is 2. The number of halogens is 3. The predicted molar refractivity (Wildman–Crippen MR) is 77.4 cm³/mol. The van der Waals surface area contributed by atoms with Crippen LogP contribution in [0.15, 0.2) is 60.6 Å². The van der Waals surface area contributed by atoms with Gasteiger partial charge in [0.05, 0.1) is 5.56 Å². The van der Waals surface area contributed by atoms with E-state index >= 15 is 0 Å². The van der Waals surface area contributed by atoms with Crippen molar-refractivity contribution >= 4 is 11.5 Å². The molecule has 1 aromatic carbocycles. The highest BCUT2D eigenvalue weighted by molar-refractivity contribution is 6.04. The molecule has 0 radical (unpaired) electrons. The van der Waals surface area contributed by atoms with Crippen molar-refractivity contribution in [2.45, 2.75) is 13.1 Å². The molecule has 0 saturated carbocycles. The molecule has 0 aliphatic rings. The second-order valence-electron chi connectivity index (χ2n) is 4.64. The zero-order chi connectivity index (χ0) is 16.2. The van der Waals surface area contributed by atoms with Crippen LogP contribution >= 0.6 is 0 Å². The van der Waals surface area contributed by atoms with Crippen molar-refractivity contribution in [3.63, 3.8) is 0 Å². The molecule has 0 spiro atoms. The van der Waals surface area contributed by atoms with E-state index in [1.165, 1.54) is 24.4 Å². The molecule has 0 aliphatic carbocycles. The zero-order valence-electron chi connectivity index (χ0n) is 11.7. The summed E-state index contributed by atoms with van der Waals surface area (Å²) in [5, 5.41) is 2.77. The topological polar surface area (TPSA) is 42.0 Å². The van der Waals surface area contributed by atoms with E-state index in [1.807, 2.05) is 0 Å². The van der Waals surface area contributed by atoms with Crippen LogP contribution in [-0.2, 0) is 6.18 Å². The number of nitrogens with zero attached hydrogens (tertiary/aromatic N) is 1. The normalized spacial score (nSPS) is 12.1. The maximum absolute atomic E-state index is 12.6. The molecule has 0 amide bonds. The minimum Gasteiger partial charge on any atom is -0.359 e. The second kappa shape index (κ2) is 6.43. The summed E-state index contributed by atoms with van der Waals surface area (Å²) < 4.78 is 37.9. The van der Waals surface area contributed by atoms with Gasteiger partial charge in [-0.25, -0.2) is 0 Å². The van der Waals surface area contributed by atoms with Gasteiger partial charge in [-0.3, -0.25) is 9.78 Å². The Bertz CT molecular complexity index is 694. The highest BCUT2D eigenvalue weighted by Gasteiger charge is 2.30. The lowest BCUT2D eigenvalue weighted by Crippen LogP contribution is -2.06. The van der Waals surface area contributed by atoms with Crippen LogP contribution in [0.2, 0.25) is 0 Å². The third-order valence-corrected chi connectivity index (χ3v) is 2.83. The Morgan fingerprint density at radius 2 is 2.00 bits per heavy atom. The van der Waals surface area contributed by atoms with E-state index < -0.39 is 11.7 Å². The Labute approximate surface area is 125 Å². The maximum Gasteiger partial charge on any atom is 0.416 e. The smallest absolute Gasteiger partial charge is 0.359 e. The summed E-state index contributed by atoms with van der Waals surface area (Å²) >= 11 is 0. The fourth-order valence-electron chi connectivity index (χ4n) is 1.83. The molecule has 2 aromatic rings. The third kappa shape index (κ3) is 4.18. The van der Waals surface area contributed by atoms with E-state index in [9.17, 15) is 18.0 Å². The average Bonchev–Trinajstić information content (AvgIpc) is 2.47. The molecule has 0 fully saturated rings. The van der Waals surface area contributed by atoms with Crippen molar-refractivity contribution in [1.29, 1.82) is 0 Å². The van der Waals surface area contributed by atoms with Crippen LogP contribution in [0, 0.1) is 0 Å². The highest BCUT2D eigenvalue weighted by Crippen LogP contribution is 2.30. The zero-order valence-corrected chi connectivity index (χ0v) is 11.7. The first-order chi connectivity index (χ1) is 10.4. The van der Waals surface area contributed by atoms with Crippen molar-refractivity contribution < 1.29 is 18.0 Å². The summed E-state index contributed by atoms with van der Waals surface area (Å²) in [5.74, 6) is -0.273. The van der Waals surface area contributed by atoms with E-state index in [0.717, 1.165) is 12.1 Å². The van der Waals surface area contributed by atoms with Gasteiger partial charge in [0.1, 0.15) is 0 Å². The molecule has 0 bridgehead atoms. The third-order valence-electron chi connectivity index (χ3n) is 2.83. The Morgan fingerprint density at radius 1 is 1.23 bits per heavy atom. The summed E-state index contributed by atoms with van der Waals surface area (Å²) in [4.78, 5) is 15.8. The quantitative estimate of drug-likeness (QED) is 0.676. The molecule has 0 atom stereocenters. The molecule has 0 unspecified atom stereocenters. The monoisotopic (exact) mass is 306 g/mol. The predicted octanol–water partition coefficient (Wildman–Crippen LogP) is 4.30. The van der Waals surface area contributed by atoms with Gasteiger partial charge in [0, 0.05) is 35.4 Å². The van der Waals surface area contributed by atoms with Crippen molar-refractivity contribution in [1.82, 2.24) is 4.98 Å². The van der Waals surface area contributed by atoms with Crippen LogP contribution in [-0.4, -0.2) is 10.8 Å². The number of hydrogen-bond acceptors (Lipinski definition) is 3. The molecule has 1 aromatic heterocycles. The fraction of sp³-hybridized carbons (Fsp3) is 0.125. The number of pyridine rings is 1. The van der Waals surface area contributed by atoms with E-state index in [2.05, 4.69) is 10.3 Å². The van der Waals surface area contributed by atoms with E-state index in [1.54, 1.807) is 25.3 Å². The van der Waals surface area contributed by atoms with Gasteiger partial charge in [-0.15, -0.1) is 0 Å². The maximum atomic E-state index is 12.6. The van der Waals surface area contributed by atoms with Gasteiger partial charge in [0.15, 0.2) is 5.78 Å². The van der Waals surface area contributed by atoms with E-state index in [-0.39, 0.29) is 11.5 Å². The summed E-state index contributed by atoms with van der Waals surface area (Å²) in [6.07, 6.45) is -0.108. The molecule has 0 saturated heterocycles. The van der Waals surface area contributed by atoms with Gasteiger partial charge in [0.2, 0.25) is 0 Å². The molecule has 0 aliphatic heterocycles. The van der Waals surface area contributed by atoms with Crippen molar-refractivity contribution in [3.8, 4) is 0 Å². The number of carbonyl (C=O) groups is 1. The number of alkyl halides is 3. The molecular weight excluding hydrogens is 293 g/mol. The Kier molecular flexibility index (Phi) is 4.60.